The van der Waals surface area contributed by atoms with Crippen LogP contribution in [0.15, 0.2) is 24.5 Å². The Bertz CT molecular complexity index is 419. The van der Waals surface area contributed by atoms with E-state index in [4.69, 9.17) is 5.73 Å². The summed E-state index contributed by atoms with van der Waals surface area (Å²) in [6, 6.07) is 3.85. The molecule has 14 heavy (non-hydrogen) atoms. The second-order valence-corrected chi connectivity index (χ2v) is 3.10. The van der Waals surface area contributed by atoms with Gasteiger partial charge in [-0.1, -0.05) is 0 Å². The van der Waals surface area contributed by atoms with Crippen LogP contribution in [0.5, 0.6) is 0 Å². The molecule has 0 aliphatic carbocycles. The molecule has 4 nitrogen and oxygen atoms in total. The van der Waals surface area contributed by atoms with E-state index in [1.807, 2.05) is 19.1 Å². The normalized spacial score (nSPS) is 10.4. The van der Waals surface area contributed by atoms with E-state index in [-0.39, 0.29) is 0 Å². The van der Waals surface area contributed by atoms with Crippen molar-refractivity contribution >= 4 is 0 Å². The second kappa shape index (κ2) is 3.59. The Labute approximate surface area is 82.2 Å². The fourth-order valence-electron chi connectivity index (χ4n) is 1.33. The number of aromatic nitrogens is 3. The summed E-state index contributed by atoms with van der Waals surface area (Å²) in [7, 11) is 0. The fourth-order valence-corrected chi connectivity index (χ4v) is 1.33. The maximum absolute atomic E-state index is 5.54. The third-order valence-electron chi connectivity index (χ3n) is 2.11. The zero-order valence-electron chi connectivity index (χ0n) is 7.99. The first kappa shape index (κ1) is 8.90. The van der Waals surface area contributed by atoms with Gasteiger partial charge in [0.1, 0.15) is 5.82 Å². The molecule has 0 fully saturated rings. The minimum absolute atomic E-state index is 0.461. The molecule has 4 heteroatoms. The van der Waals surface area contributed by atoms with Crippen molar-refractivity contribution in [1.82, 2.24) is 15.0 Å². The SMILES string of the molecule is Cc1[nH]c(-c2cccnc2)nc1CN. The summed E-state index contributed by atoms with van der Waals surface area (Å²) in [4.78, 5) is 11.6. The first-order valence-electron chi connectivity index (χ1n) is 4.47. The van der Waals surface area contributed by atoms with Crippen LogP contribution in [0.4, 0.5) is 0 Å². The summed E-state index contributed by atoms with van der Waals surface area (Å²) in [5.41, 5.74) is 8.45. The molecule has 0 saturated heterocycles. The Hall–Kier alpha value is -1.68. The number of hydrogen-bond acceptors (Lipinski definition) is 3. The number of nitrogens with one attached hydrogen (secondary N) is 1. The topological polar surface area (TPSA) is 67.6 Å². The molecule has 0 amide bonds. The molecule has 0 aliphatic heterocycles. The molecule has 0 aliphatic rings. The number of imidazole rings is 1. The highest BCUT2D eigenvalue weighted by Gasteiger charge is 2.06. The molecule has 2 heterocycles. The number of nitrogens with two attached hydrogens (primary N) is 1. The van der Waals surface area contributed by atoms with Crippen molar-refractivity contribution in [1.29, 1.82) is 0 Å². The average Bonchev–Trinajstić information content (AvgIpc) is 2.61. The summed E-state index contributed by atoms with van der Waals surface area (Å²) in [6.45, 7) is 2.43. The largest absolute Gasteiger partial charge is 0.342 e. The van der Waals surface area contributed by atoms with E-state index in [9.17, 15) is 0 Å². The zero-order valence-corrected chi connectivity index (χ0v) is 7.99. The van der Waals surface area contributed by atoms with Crippen LogP contribution in [0.1, 0.15) is 11.4 Å². The highest BCUT2D eigenvalue weighted by molar-refractivity contribution is 5.54. The van der Waals surface area contributed by atoms with Crippen molar-refractivity contribution in [2.45, 2.75) is 13.5 Å². The fraction of sp³-hybridized carbons (Fsp3) is 0.200. The Morgan fingerprint density at radius 3 is 2.93 bits per heavy atom. The van der Waals surface area contributed by atoms with Gasteiger partial charge in [0.05, 0.1) is 5.69 Å². The lowest BCUT2D eigenvalue weighted by molar-refractivity contribution is 0.993. The predicted octanol–water partition coefficient (Wildman–Crippen LogP) is 1.24. The first-order valence-corrected chi connectivity index (χ1v) is 4.47. The minimum Gasteiger partial charge on any atom is -0.342 e. The van der Waals surface area contributed by atoms with E-state index < -0.39 is 0 Å². The van der Waals surface area contributed by atoms with E-state index in [0.29, 0.717) is 6.54 Å². The molecule has 2 aromatic heterocycles. The number of nitrogens with zero attached hydrogens (tertiary/aromatic N) is 2. The van der Waals surface area contributed by atoms with Gasteiger partial charge in [-0.3, -0.25) is 4.98 Å². The summed E-state index contributed by atoms with van der Waals surface area (Å²) >= 11 is 0. The number of aryl methyl sites for hydroxylation is 1. The minimum atomic E-state index is 0.461. The Balaban J connectivity index is 2.43. The third-order valence-corrected chi connectivity index (χ3v) is 2.11. The second-order valence-electron chi connectivity index (χ2n) is 3.10. The van der Waals surface area contributed by atoms with E-state index in [2.05, 4.69) is 15.0 Å². The standard InChI is InChI=1S/C10H12N4/c1-7-9(5-11)14-10(13-7)8-3-2-4-12-6-8/h2-4,6H,5,11H2,1H3,(H,13,14). The maximum atomic E-state index is 5.54. The van der Waals surface area contributed by atoms with Crippen molar-refractivity contribution in [2.75, 3.05) is 0 Å². The van der Waals surface area contributed by atoms with Crippen LogP contribution in [0.25, 0.3) is 11.4 Å². The zero-order chi connectivity index (χ0) is 9.97. The number of aromatic amines is 1. The van der Waals surface area contributed by atoms with Gasteiger partial charge in [-0.2, -0.15) is 0 Å². The van der Waals surface area contributed by atoms with Crippen molar-refractivity contribution in [3.05, 3.63) is 35.9 Å². The Morgan fingerprint density at radius 1 is 1.50 bits per heavy atom. The van der Waals surface area contributed by atoms with Gasteiger partial charge in [-0.15, -0.1) is 0 Å². The molecule has 0 bridgehead atoms. The third kappa shape index (κ3) is 1.52. The van der Waals surface area contributed by atoms with E-state index in [1.165, 1.54) is 0 Å². The van der Waals surface area contributed by atoms with Gasteiger partial charge in [0.15, 0.2) is 0 Å². The molecule has 0 radical (unpaired) electrons. The molecule has 72 valence electrons. The lowest BCUT2D eigenvalue weighted by Crippen LogP contribution is -1.98. The number of pyridine rings is 1. The number of rotatable bonds is 2. The number of H-pyrrole nitrogens is 1. The predicted molar refractivity (Wildman–Crippen MR) is 54.4 cm³/mol. The highest BCUT2D eigenvalue weighted by Crippen LogP contribution is 2.15. The molecule has 0 aromatic carbocycles. The summed E-state index contributed by atoms with van der Waals surface area (Å²) in [5.74, 6) is 0.830. The molecule has 3 N–H and O–H groups in total. The first-order chi connectivity index (χ1) is 6.81. The monoisotopic (exact) mass is 188 g/mol. The Kier molecular flexibility index (Phi) is 2.28. The molecule has 0 saturated carbocycles. The van der Waals surface area contributed by atoms with Crippen LogP contribution in [0, 0.1) is 6.92 Å². The van der Waals surface area contributed by atoms with Gasteiger partial charge in [-0.05, 0) is 19.1 Å². The average molecular weight is 188 g/mol. The van der Waals surface area contributed by atoms with Gasteiger partial charge in [0, 0.05) is 30.2 Å². The van der Waals surface area contributed by atoms with Crippen molar-refractivity contribution in [3.63, 3.8) is 0 Å². The van der Waals surface area contributed by atoms with Gasteiger partial charge in [0.2, 0.25) is 0 Å². The lowest BCUT2D eigenvalue weighted by Gasteiger charge is -1.93. The van der Waals surface area contributed by atoms with Crippen LogP contribution in [0.2, 0.25) is 0 Å². The molecular weight excluding hydrogens is 176 g/mol. The van der Waals surface area contributed by atoms with Crippen LogP contribution >= 0.6 is 0 Å². The van der Waals surface area contributed by atoms with Crippen molar-refractivity contribution < 1.29 is 0 Å². The van der Waals surface area contributed by atoms with Crippen molar-refractivity contribution in [2.24, 2.45) is 5.73 Å². The smallest absolute Gasteiger partial charge is 0.139 e. The van der Waals surface area contributed by atoms with Gasteiger partial charge < -0.3 is 10.7 Å². The van der Waals surface area contributed by atoms with Crippen LogP contribution in [-0.4, -0.2) is 15.0 Å². The molecule has 2 aromatic rings. The molecule has 0 spiro atoms. The summed E-state index contributed by atoms with van der Waals surface area (Å²) in [5, 5.41) is 0. The van der Waals surface area contributed by atoms with E-state index in [0.717, 1.165) is 22.8 Å². The Morgan fingerprint density at radius 2 is 2.36 bits per heavy atom. The van der Waals surface area contributed by atoms with Crippen molar-refractivity contribution in [3.8, 4) is 11.4 Å². The van der Waals surface area contributed by atoms with E-state index in [1.54, 1.807) is 12.4 Å². The van der Waals surface area contributed by atoms with Crippen LogP contribution in [0.3, 0.4) is 0 Å². The van der Waals surface area contributed by atoms with E-state index >= 15 is 0 Å². The van der Waals surface area contributed by atoms with Gasteiger partial charge >= 0.3 is 0 Å². The van der Waals surface area contributed by atoms with Crippen LogP contribution < -0.4 is 5.73 Å². The summed E-state index contributed by atoms with van der Waals surface area (Å²) in [6.07, 6.45) is 3.52. The molecule has 0 unspecified atom stereocenters. The lowest BCUT2D eigenvalue weighted by atomic mass is 10.3. The molecule has 2 rings (SSSR count). The number of hydrogen-bond donors (Lipinski definition) is 2. The quantitative estimate of drug-likeness (QED) is 0.745. The summed E-state index contributed by atoms with van der Waals surface area (Å²) < 4.78 is 0. The van der Waals surface area contributed by atoms with Gasteiger partial charge in [0.25, 0.3) is 0 Å². The molecule has 0 atom stereocenters. The van der Waals surface area contributed by atoms with Crippen LogP contribution in [-0.2, 0) is 6.54 Å². The van der Waals surface area contributed by atoms with Gasteiger partial charge in [-0.25, -0.2) is 4.98 Å². The molecular formula is C10H12N4. The maximum Gasteiger partial charge on any atom is 0.139 e. The highest BCUT2D eigenvalue weighted by atomic mass is 14.9.